The van der Waals surface area contributed by atoms with Crippen molar-refractivity contribution in [2.24, 2.45) is 0 Å². The molecular formula is C13H13NO4. The quantitative estimate of drug-likeness (QED) is 0.591. The van der Waals surface area contributed by atoms with Gasteiger partial charge in [-0.15, -0.1) is 6.42 Å². The Hall–Kier alpha value is -2.48. The molecule has 0 atom stereocenters. The lowest BCUT2D eigenvalue weighted by molar-refractivity contribution is -0.122. The molecule has 0 aliphatic heterocycles. The summed E-state index contributed by atoms with van der Waals surface area (Å²) in [5.74, 6) is 2.75. The molecule has 5 heteroatoms. The Kier molecular flexibility index (Phi) is 5.26. The van der Waals surface area contributed by atoms with E-state index in [2.05, 4.69) is 11.2 Å². The zero-order valence-electron chi connectivity index (χ0n) is 9.93. The molecule has 0 saturated heterocycles. The first-order valence-corrected chi connectivity index (χ1v) is 5.17. The van der Waals surface area contributed by atoms with E-state index in [1.165, 1.54) is 13.2 Å². The van der Waals surface area contributed by atoms with Crippen LogP contribution >= 0.6 is 0 Å². The van der Waals surface area contributed by atoms with Crippen molar-refractivity contribution < 1.29 is 19.1 Å². The standard InChI is InChI=1S/C13H13NO4/c1-3-6-14-13(16)9-18-12-7-11(17-2)5-4-10(12)8-15/h1,4-5,7-8H,6,9H2,2H3,(H,14,16). The number of nitrogens with one attached hydrogen (secondary N) is 1. The summed E-state index contributed by atoms with van der Waals surface area (Å²) < 4.78 is 10.2. The van der Waals surface area contributed by atoms with Gasteiger partial charge in [0.1, 0.15) is 11.5 Å². The van der Waals surface area contributed by atoms with Crippen molar-refractivity contribution in [3.63, 3.8) is 0 Å². The molecule has 1 N–H and O–H groups in total. The Morgan fingerprint density at radius 1 is 1.56 bits per heavy atom. The summed E-state index contributed by atoms with van der Waals surface area (Å²) in [6, 6.07) is 4.73. The van der Waals surface area contributed by atoms with Gasteiger partial charge in [-0.05, 0) is 12.1 Å². The first-order chi connectivity index (χ1) is 8.71. The minimum absolute atomic E-state index is 0.140. The van der Waals surface area contributed by atoms with Gasteiger partial charge in [0.25, 0.3) is 5.91 Å². The van der Waals surface area contributed by atoms with Crippen molar-refractivity contribution in [3.05, 3.63) is 23.8 Å². The SMILES string of the molecule is C#CCNC(=O)COc1cc(OC)ccc1C=O. The Bertz CT molecular complexity index is 476. The van der Waals surface area contributed by atoms with Crippen LogP contribution in [0.4, 0.5) is 0 Å². The van der Waals surface area contributed by atoms with Crippen LogP contribution in [0.25, 0.3) is 0 Å². The van der Waals surface area contributed by atoms with E-state index in [4.69, 9.17) is 15.9 Å². The average molecular weight is 247 g/mol. The van der Waals surface area contributed by atoms with E-state index in [0.29, 0.717) is 23.3 Å². The highest BCUT2D eigenvalue weighted by Crippen LogP contribution is 2.23. The molecule has 18 heavy (non-hydrogen) atoms. The van der Waals surface area contributed by atoms with Gasteiger partial charge in [-0.25, -0.2) is 0 Å². The molecule has 0 bridgehead atoms. The average Bonchev–Trinajstić information content (AvgIpc) is 2.42. The van der Waals surface area contributed by atoms with Crippen LogP contribution in [0.2, 0.25) is 0 Å². The largest absolute Gasteiger partial charge is 0.497 e. The zero-order valence-corrected chi connectivity index (χ0v) is 9.93. The summed E-state index contributed by atoms with van der Waals surface area (Å²) in [5.41, 5.74) is 0.348. The third kappa shape index (κ3) is 3.83. The number of amides is 1. The van der Waals surface area contributed by atoms with Gasteiger partial charge >= 0.3 is 0 Å². The van der Waals surface area contributed by atoms with Gasteiger partial charge in [-0.3, -0.25) is 9.59 Å². The van der Waals surface area contributed by atoms with Crippen LogP contribution in [0.15, 0.2) is 18.2 Å². The highest BCUT2D eigenvalue weighted by molar-refractivity contribution is 5.81. The summed E-state index contributed by atoms with van der Waals surface area (Å²) in [6.07, 6.45) is 5.65. The summed E-state index contributed by atoms with van der Waals surface area (Å²) in [7, 11) is 1.50. The third-order valence-corrected chi connectivity index (χ3v) is 2.09. The Balaban J connectivity index is 2.68. The molecule has 0 radical (unpaired) electrons. The Morgan fingerprint density at radius 3 is 2.94 bits per heavy atom. The van der Waals surface area contributed by atoms with Crippen LogP contribution in [-0.2, 0) is 4.79 Å². The van der Waals surface area contributed by atoms with Crippen LogP contribution < -0.4 is 14.8 Å². The highest BCUT2D eigenvalue weighted by Gasteiger charge is 2.07. The van der Waals surface area contributed by atoms with Crippen molar-refractivity contribution in [1.82, 2.24) is 5.32 Å². The smallest absolute Gasteiger partial charge is 0.258 e. The minimum Gasteiger partial charge on any atom is -0.497 e. The molecule has 0 aliphatic carbocycles. The molecular weight excluding hydrogens is 234 g/mol. The molecule has 1 amide bonds. The van der Waals surface area contributed by atoms with Crippen LogP contribution in [0.5, 0.6) is 11.5 Å². The molecule has 1 aromatic carbocycles. The molecule has 0 saturated carbocycles. The second-order valence-corrected chi connectivity index (χ2v) is 3.29. The van der Waals surface area contributed by atoms with E-state index < -0.39 is 0 Å². The molecule has 0 fully saturated rings. The van der Waals surface area contributed by atoms with E-state index in [-0.39, 0.29) is 19.1 Å². The normalized spacial score (nSPS) is 9.11. The van der Waals surface area contributed by atoms with Gasteiger partial charge in [0.2, 0.25) is 0 Å². The summed E-state index contributed by atoms with van der Waals surface area (Å²) in [4.78, 5) is 22.1. The monoisotopic (exact) mass is 247 g/mol. The maximum Gasteiger partial charge on any atom is 0.258 e. The van der Waals surface area contributed by atoms with E-state index in [0.717, 1.165) is 0 Å². The van der Waals surface area contributed by atoms with Crippen molar-refractivity contribution in [2.75, 3.05) is 20.3 Å². The third-order valence-electron chi connectivity index (χ3n) is 2.09. The highest BCUT2D eigenvalue weighted by atomic mass is 16.5. The molecule has 0 unspecified atom stereocenters. The van der Waals surface area contributed by atoms with Gasteiger partial charge in [0.05, 0.1) is 19.2 Å². The fourth-order valence-corrected chi connectivity index (χ4v) is 1.21. The van der Waals surface area contributed by atoms with Gasteiger partial charge in [-0.2, -0.15) is 0 Å². The first-order valence-electron chi connectivity index (χ1n) is 5.17. The number of methoxy groups -OCH3 is 1. The molecule has 0 spiro atoms. The molecule has 0 heterocycles. The Morgan fingerprint density at radius 2 is 2.33 bits per heavy atom. The lowest BCUT2D eigenvalue weighted by atomic mass is 10.2. The van der Waals surface area contributed by atoms with E-state index in [1.54, 1.807) is 12.1 Å². The number of carbonyl (C=O) groups is 2. The fourth-order valence-electron chi connectivity index (χ4n) is 1.21. The molecule has 5 nitrogen and oxygen atoms in total. The molecule has 1 aromatic rings. The number of ether oxygens (including phenoxy) is 2. The maximum absolute atomic E-state index is 11.3. The number of aldehydes is 1. The lowest BCUT2D eigenvalue weighted by Crippen LogP contribution is -2.29. The van der Waals surface area contributed by atoms with Crippen molar-refractivity contribution in [2.45, 2.75) is 0 Å². The zero-order chi connectivity index (χ0) is 13.4. The topological polar surface area (TPSA) is 64.6 Å². The minimum atomic E-state index is -0.354. The van der Waals surface area contributed by atoms with Crippen LogP contribution in [0, 0.1) is 12.3 Å². The second kappa shape index (κ2) is 6.97. The predicted octanol–water partition coefficient (Wildman–Crippen LogP) is 0.636. The second-order valence-electron chi connectivity index (χ2n) is 3.29. The summed E-state index contributed by atoms with van der Waals surface area (Å²) in [6.45, 7) is -0.0729. The maximum atomic E-state index is 11.3. The summed E-state index contributed by atoms with van der Waals surface area (Å²) in [5, 5.41) is 2.45. The number of benzene rings is 1. The van der Waals surface area contributed by atoms with E-state index in [1.807, 2.05) is 0 Å². The number of hydrogen-bond donors (Lipinski definition) is 1. The van der Waals surface area contributed by atoms with E-state index >= 15 is 0 Å². The first kappa shape index (κ1) is 13.6. The van der Waals surface area contributed by atoms with Crippen molar-refractivity contribution in [1.29, 1.82) is 0 Å². The Labute approximate surface area is 105 Å². The number of carbonyl (C=O) groups excluding carboxylic acids is 2. The van der Waals surface area contributed by atoms with Crippen LogP contribution in [0.1, 0.15) is 10.4 Å². The number of terminal acetylenes is 1. The van der Waals surface area contributed by atoms with Crippen molar-refractivity contribution in [3.8, 4) is 23.8 Å². The van der Waals surface area contributed by atoms with Gasteiger partial charge in [0.15, 0.2) is 12.9 Å². The van der Waals surface area contributed by atoms with E-state index in [9.17, 15) is 9.59 Å². The number of rotatable bonds is 6. The lowest BCUT2D eigenvalue weighted by Gasteiger charge is -2.09. The summed E-state index contributed by atoms with van der Waals surface area (Å²) >= 11 is 0. The molecule has 0 aliphatic rings. The van der Waals surface area contributed by atoms with Crippen LogP contribution in [0.3, 0.4) is 0 Å². The fraction of sp³-hybridized carbons (Fsp3) is 0.231. The van der Waals surface area contributed by atoms with Gasteiger partial charge in [-0.1, -0.05) is 5.92 Å². The van der Waals surface area contributed by atoms with Gasteiger partial charge < -0.3 is 14.8 Å². The molecule has 1 rings (SSSR count). The number of hydrogen-bond acceptors (Lipinski definition) is 4. The molecule has 0 aromatic heterocycles. The van der Waals surface area contributed by atoms with Crippen molar-refractivity contribution >= 4 is 12.2 Å². The van der Waals surface area contributed by atoms with Crippen LogP contribution in [-0.4, -0.2) is 32.5 Å². The van der Waals surface area contributed by atoms with Gasteiger partial charge in [0, 0.05) is 6.07 Å². The predicted molar refractivity (Wildman–Crippen MR) is 65.7 cm³/mol. The molecule has 94 valence electrons.